The van der Waals surface area contributed by atoms with Crippen LogP contribution in [0, 0.1) is 17.0 Å². The van der Waals surface area contributed by atoms with Crippen molar-refractivity contribution < 1.29 is 23.4 Å². The molecule has 0 aliphatic carbocycles. The zero-order valence-corrected chi connectivity index (χ0v) is 19.2. The number of benzene rings is 1. The average Bonchev–Trinajstić information content (AvgIpc) is 3.50. The van der Waals surface area contributed by atoms with Crippen LogP contribution in [0.5, 0.6) is 11.5 Å². The highest BCUT2D eigenvalue weighted by Gasteiger charge is 2.29. The third-order valence-corrected chi connectivity index (χ3v) is 5.83. The number of nitrogens with zero attached hydrogens (tertiary/aromatic N) is 4. The van der Waals surface area contributed by atoms with Gasteiger partial charge >= 0.3 is 0 Å². The predicted octanol–water partition coefficient (Wildman–Crippen LogP) is 4.31. The molecule has 4 heterocycles. The summed E-state index contributed by atoms with van der Waals surface area (Å²) < 4.78 is 43.0. The van der Waals surface area contributed by atoms with Gasteiger partial charge in [-0.25, -0.2) is 18.8 Å². The third kappa shape index (κ3) is 4.30. The lowest BCUT2D eigenvalue weighted by molar-refractivity contribution is 0.0706. The predicted molar refractivity (Wildman–Crippen MR) is 126 cm³/mol. The Bertz CT molecular complexity index is 1390. The van der Waals surface area contributed by atoms with E-state index in [0.29, 0.717) is 24.1 Å². The molecule has 0 saturated heterocycles. The van der Waals surface area contributed by atoms with Gasteiger partial charge < -0.3 is 24.9 Å². The quantitative estimate of drug-likeness (QED) is 0.378. The fourth-order valence-corrected chi connectivity index (χ4v) is 3.86. The van der Waals surface area contributed by atoms with E-state index >= 15 is 0 Å². The largest absolute Gasteiger partial charge is 0.464 e. The molecule has 35 heavy (non-hydrogen) atoms. The summed E-state index contributed by atoms with van der Waals surface area (Å²) in [6, 6.07) is 5.74. The number of anilines is 1. The van der Waals surface area contributed by atoms with Crippen LogP contribution in [0.15, 0.2) is 47.8 Å². The molecule has 1 unspecified atom stereocenters. The van der Waals surface area contributed by atoms with Crippen molar-refractivity contribution in [3.8, 4) is 22.8 Å². The molecule has 1 atom stereocenters. The van der Waals surface area contributed by atoms with E-state index in [9.17, 15) is 13.9 Å². The Labute approximate surface area is 199 Å². The fraction of sp³-hybridized carbons (Fsp3) is 0.292. The third-order valence-electron chi connectivity index (χ3n) is 5.83. The van der Waals surface area contributed by atoms with Gasteiger partial charge in [-0.2, -0.15) is 5.10 Å². The number of pyridine rings is 1. The molecule has 11 heteroatoms. The number of amidine groups is 1. The Morgan fingerprint density at radius 3 is 2.74 bits per heavy atom. The molecule has 0 bridgehead atoms. The number of aromatic amines is 1. The van der Waals surface area contributed by atoms with Crippen LogP contribution in [0.3, 0.4) is 0 Å². The molecule has 0 saturated carbocycles. The van der Waals surface area contributed by atoms with Crippen molar-refractivity contribution in [1.82, 2.24) is 19.7 Å². The molecule has 1 aromatic carbocycles. The van der Waals surface area contributed by atoms with Crippen molar-refractivity contribution in [2.45, 2.75) is 20.4 Å². The number of aliphatic hydroxyl groups excluding tert-OH is 1. The van der Waals surface area contributed by atoms with Crippen LogP contribution in [-0.2, 0) is 11.3 Å². The van der Waals surface area contributed by atoms with E-state index in [2.05, 4.69) is 25.4 Å². The molecule has 3 aromatic heterocycles. The van der Waals surface area contributed by atoms with E-state index < -0.39 is 22.8 Å². The summed E-state index contributed by atoms with van der Waals surface area (Å²) >= 11 is 0. The summed E-state index contributed by atoms with van der Waals surface area (Å²) in [7, 11) is 0. The number of fused-ring (bicyclic) bond motifs is 1. The van der Waals surface area contributed by atoms with Crippen molar-refractivity contribution in [1.29, 1.82) is 0 Å². The number of aliphatic imine (C=N–C) groups is 1. The van der Waals surface area contributed by atoms with Crippen molar-refractivity contribution in [3.63, 3.8) is 0 Å². The lowest BCUT2D eigenvalue weighted by atomic mass is 9.93. The lowest BCUT2D eigenvalue weighted by Gasteiger charge is -2.30. The van der Waals surface area contributed by atoms with Gasteiger partial charge in [0.1, 0.15) is 18.0 Å². The molecule has 0 radical (unpaired) electrons. The second-order valence-corrected chi connectivity index (χ2v) is 8.64. The molecule has 182 valence electrons. The van der Waals surface area contributed by atoms with E-state index in [4.69, 9.17) is 9.47 Å². The van der Waals surface area contributed by atoms with Gasteiger partial charge in [-0.15, -0.1) is 0 Å². The number of nitrogens with one attached hydrogen (secondary N) is 2. The summed E-state index contributed by atoms with van der Waals surface area (Å²) in [5, 5.41) is 17.1. The first-order valence-electron chi connectivity index (χ1n) is 11.1. The monoisotopic (exact) mass is 482 g/mol. The highest BCUT2D eigenvalue weighted by Crippen LogP contribution is 2.38. The number of aliphatic hydroxyl groups is 1. The number of halogens is 2. The van der Waals surface area contributed by atoms with Gasteiger partial charge in [-0.1, -0.05) is 6.92 Å². The number of rotatable bonds is 6. The van der Waals surface area contributed by atoms with Crippen molar-refractivity contribution >= 4 is 22.7 Å². The van der Waals surface area contributed by atoms with Gasteiger partial charge in [0, 0.05) is 53.9 Å². The maximum Gasteiger partial charge on any atom is 0.289 e. The normalized spacial score (nSPS) is 17.8. The van der Waals surface area contributed by atoms with Gasteiger partial charge in [-0.05, 0) is 19.1 Å². The van der Waals surface area contributed by atoms with E-state index in [1.165, 1.54) is 6.20 Å². The first-order chi connectivity index (χ1) is 16.9. The molecule has 1 aliphatic rings. The van der Waals surface area contributed by atoms with Crippen LogP contribution in [0.4, 0.5) is 14.5 Å². The standard InChI is InChI=1S/C24H24F2N6O3/c1-3-32-18(4-7-30-32)15-10-28-22-20(15)19(5-6-27-22)35-21-16(25)8-14(9-17(21)26)31-23-29-11-24(2,12-33)13-34-23/h4-10,33H,3,11-13H2,1-2H3,(H,27,28)(H,29,31). The van der Waals surface area contributed by atoms with E-state index in [-0.39, 0.29) is 30.7 Å². The molecule has 0 spiro atoms. The van der Waals surface area contributed by atoms with Gasteiger partial charge in [0.05, 0.1) is 24.2 Å². The Hall–Kier alpha value is -3.99. The zero-order chi connectivity index (χ0) is 24.6. The second-order valence-electron chi connectivity index (χ2n) is 8.64. The maximum absolute atomic E-state index is 15.0. The highest BCUT2D eigenvalue weighted by molar-refractivity contribution is 5.97. The SMILES string of the molecule is CCn1nccc1-c1c[nH]c2nccc(Oc3c(F)cc(NC4=NCC(C)(CO)CO4)cc3F)c12. The van der Waals surface area contributed by atoms with Crippen LogP contribution in [-0.4, -0.2) is 50.6 Å². The minimum Gasteiger partial charge on any atom is -0.464 e. The molecule has 0 fully saturated rings. The van der Waals surface area contributed by atoms with E-state index in [0.717, 1.165) is 23.4 Å². The van der Waals surface area contributed by atoms with Crippen molar-refractivity contribution in [3.05, 3.63) is 54.5 Å². The molecule has 5 rings (SSSR count). The summed E-state index contributed by atoms with van der Waals surface area (Å²) in [4.78, 5) is 11.6. The Morgan fingerprint density at radius 2 is 2.06 bits per heavy atom. The molecule has 0 amide bonds. The number of aryl methyl sites for hydroxylation is 1. The van der Waals surface area contributed by atoms with E-state index in [1.807, 2.05) is 19.9 Å². The van der Waals surface area contributed by atoms with Crippen molar-refractivity contribution in [2.24, 2.45) is 10.4 Å². The van der Waals surface area contributed by atoms with Gasteiger partial charge in [0.15, 0.2) is 17.4 Å². The molecule has 9 nitrogen and oxygen atoms in total. The zero-order valence-electron chi connectivity index (χ0n) is 19.2. The van der Waals surface area contributed by atoms with Gasteiger partial charge in [0.2, 0.25) is 0 Å². The number of hydrogen-bond acceptors (Lipinski definition) is 7. The smallest absolute Gasteiger partial charge is 0.289 e. The summed E-state index contributed by atoms with van der Waals surface area (Å²) in [6.07, 6.45) is 4.95. The molecular formula is C24H24F2N6O3. The van der Waals surface area contributed by atoms with Gasteiger partial charge in [0.25, 0.3) is 6.02 Å². The lowest BCUT2D eigenvalue weighted by Crippen LogP contribution is -2.38. The maximum atomic E-state index is 15.0. The molecule has 1 aliphatic heterocycles. The van der Waals surface area contributed by atoms with Crippen LogP contribution < -0.4 is 10.1 Å². The Kier molecular flexibility index (Phi) is 5.85. The fourth-order valence-electron chi connectivity index (χ4n) is 3.86. The topological polar surface area (TPSA) is 110 Å². The second kappa shape index (κ2) is 8.99. The number of hydrogen-bond donors (Lipinski definition) is 3. The number of H-pyrrole nitrogens is 1. The summed E-state index contributed by atoms with van der Waals surface area (Å²) in [5.74, 6) is -2.09. The van der Waals surface area contributed by atoms with E-state index in [1.54, 1.807) is 23.1 Å². The highest BCUT2D eigenvalue weighted by atomic mass is 19.1. The van der Waals surface area contributed by atoms with Crippen LogP contribution >= 0.6 is 0 Å². The van der Waals surface area contributed by atoms with Crippen LogP contribution in [0.2, 0.25) is 0 Å². The molecule has 4 aromatic rings. The minimum atomic E-state index is -0.898. The Balaban J connectivity index is 1.44. The average molecular weight is 482 g/mol. The number of aromatic nitrogens is 4. The summed E-state index contributed by atoms with van der Waals surface area (Å²) in [5.41, 5.74) is 1.73. The van der Waals surface area contributed by atoms with Crippen LogP contribution in [0.25, 0.3) is 22.3 Å². The molecule has 3 N–H and O–H groups in total. The summed E-state index contributed by atoms with van der Waals surface area (Å²) in [6.45, 7) is 4.93. The minimum absolute atomic E-state index is 0.0784. The van der Waals surface area contributed by atoms with Crippen LogP contribution in [0.1, 0.15) is 13.8 Å². The first-order valence-corrected chi connectivity index (χ1v) is 11.1. The van der Waals surface area contributed by atoms with Crippen molar-refractivity contribution in [2.75, 3.05) is 25.1 Å². The molecular weight excluding hydrogens is 458 g/mol. The Morgan fingerprint density at radius 1 is 1.26 bits per heavy atom. The van der Waals surface area contributed by atoms with Gasteiger partial charge in [-0.3, -0.25) is 4.68 Å². The first kappa shape index (κ1) is 22.8. The number of ether oxygens (including phenoxy) is 2.